The fraction of sp³-hybridized carbons (Fsp3) is 0. The Hall–Kier alpha value is -3.12. The molecule has 0 amide bonds. The first kappa shape index (κ1) is 15.8. The molecule has 2 heterocycles. The van der Waals surface area contributed by atoms with Crippen molar-refractivity contribution in [3.05, 3.63) is 32.8 Å². The molecular formula is C12H8N6O4S2. The van der Waals surface area contributed by atoms with Crippen LogP contribution in [-0.4, -0.2) is 52.5 Å². The van der Waals surface area contributed by atoms with Crippen molar-refractivity contribution < 1.29 is 19.8 Å². The van der Waals surface area contributed by atoms with Crippen molar-refractivity contribution in [2.45, 2.75) is 0 Å². The predicted molar refractivity (Wildman–Crippen MR) is 85.9 cm³/mol. The van der Waals surface area contributed by atoms with E-state index in [-0.39, 0.29) is 43.4 Å². The zero-order valence-electron chi connectivity index (χ0n) is 11.6. The minimum absolute atomic E-state index is 0.129. The Labute approximate surface area is 142 Å². The zero-order valence-corrected chi connectivity index (χ0v) is 13.2. The number of benzene rings is 1. The van der Waals surface area contributed by atoms with Crippen LogP contribution in [0.2, 0.25) is 0 Å². The number of hydrogen-bond acceptors (Lipinski definition) is 6. The van der Waals surface area contributed by atoms with Gasteiger partial charge in [-0.15, -0.1) is 0 Å². The highest BCUT2D eigenvalue weighted by molar-refractivity contribution is 7.71. The Balaban J connectivity index is 2.36. The summed E-state index contributed by atoms with van der Waals surface area (Å²) in [5, 5.41) is 29.2. The fourth-order valence-electron chi connectivity index (χ4n) is 2.14. The van der Waals surface area contributed by atoms with Crippen molar-refractivity contribution in [3.63, 3.8) is 0 Å². The lowest BCUT2D eigenvalue weighted by atomic mass is 9.97. The monoisotopic (exact) mass is 364 g/mol. The molecule has 0 bridgehead atoms. The number of carboxylic acid groups (broad SMARTS) is 2. The number of aromatic amines is 4. The average molecular weight is 364 g/mol. The Morgan fingerprint density at radius 3 is 1.50 bits per heavy atom. The maximum Gasteiger partial charge on any atom is 0.336 e. The highest BCUT2D eigenvalue weighted by Gasteiger charge is 2.23. The number of nitrogens with one attached hydrogen (secondary N) is 4. The standard InChI is InChI=1S/C12H8N6O4S2/c19-9(20)5-2-6(10(21)22)4(8-14-12(24)18-16-8)1-3(5)7-13-11(23)17-15-7/h1-2H,(H,19,20)(H,21,22)(H2,13,15,17,23)(H2,14,16,18,24). The summed E-state index contributed by atoms with van der Waals surface area (Å²) in [6, 6.07) is 2.38. The molecule has 3 rings (SSSR count). The highest BCUT2D eigenvalue weighted by atomic mass is 32.1. The molecule has 0 radical (unpaired) electrons. The number of hydrogen-bond donors (Lipinski definition) is 6. The first-order valence-electron chi connectivity index (χ1n) is 6.31. The van der Waals surface area contributed by atoms with Crippen LogP contribution in [0.5, 0.6) is 0 Å². The molecule has 0 aliphatic carbocycles. The summed E-state index contributed by atoms with van der Waals surface area (Å²) in [6.07, 6.45) is 0. The van der Waals surface area contributed by atoms with Gasteiger partial charge in [-0.05, 0) is 36.6 Å². The van der Waals surface area contributed by atoms with Gasteiger partial charge in [0.1, 0.15) is 0 Å². The van der Waals surface area contributed by atoms with Crippen LogP contribution in [0.15, 0.2) is 12.1 Å². The molecule has 0 spiro atoms. The van der Waals surface area contributed by atoms with Gasteiger partial charge < -0.3 is 10.2 Å². The van der Waals surface area contributed by atoms with Crippen LogP contribution >= 0.6 is 24.4 Å². The molecule has 2 aromatic heterocycles. The summed E-state index contributed by atoms with van der Waals surface area (Å²) in [7, 11) is 0. The molecule has 0 saturated carbocycles. The second-order valence-electron chi connectivity index (χ2n) is 4.58. The van der Waals surface area contributed by atoms with E-state index in [4.69, 9.17) is 24.4 Å². The lowest BCUT2D eigenvalue weighted by Gasteiger charge is -2.09. The average Bonchev–Trinajstić information content (AvgIpc) is 3.14. The van der Waals surface area contributed by atoms with Crippen LogP contribution in [0.4, 0.5) is 0 Å². The Morgan fingerprint density at radius 2 is 1.21 bits per heavy atom. The molecule has 10 nitrogen and oxygen atoms in total. The highest BCUT2D eigenvalue weighted by Crippen LogP contribution is 2.30. The van der Waals surface area contributed by atoms with Crippen LogP contribution in [0.1, 0.15) is 20.7 Å². The molecule has 24 heavy (non-hydrogen) atoms. The number of rotatable bonds is 4. The van der Waals surface area contributed by atoms with Crippen LogP contribution in [0.3, 0.4) is 0 Å². The van der Waals surface area contributed by atoms with E-state index >= 15 is 0 Å². The molecule has 3 aromatic rings. The van der Waals surface area contributed by atoms with Gasteiger partial charge >= 0.3 is 11.9 Å². The molecule has 0 atom stereocenters. The zero-order chi connectivity index (χ0) is 17.4. The summed E-state index contributed by atoms with van der Waals surface area (Å²) in [6.45, 7) is 0. The van der Waals surface area contributed by atoms with Crippen molar-refractivity contribution in [2.24, 2.45) is 0 Å². The molecule has 122 valence electrons. The topological polar surface area (TPSA) is 164 Å². The second kappa shape index (κ2) is 5.82. The quantitative estimate of drug-likeness (QED) is 0.383. The Morgan fingerprint density at radius 1 is 0.792 bits per heavy atom. The SMILES string of the molecule is O=C(O)c1cc(C(=O)O)c(-c2nc(=S)[nH][nH]2)cc1-c1nc(=S)[nH][nH]1. The number of aromatic carboxylic acids is 2. The Bertz CT molecular complexity index is 994. The summed E-state index contributed by atoms with van der Waals surface area (Å²) in [4.78, 5) is 31.0. The predicted octanol–water partition coefficient (Wildman–Crippen LogP) is 1.98. The number of carbonyl (C=O) groups is 2. The second-order valence-corrected chi connectivity index (χ2v) is 5.36. The van der Waals surface area contributed by atoms with Crippen molar-refractivity contribution in [1.29, 1.82) is 0 Å². The third kappa shape index (κ3) is 2.75. The summed E-state index contributed by atoms with van der Waals surface area (Å²) < 4.78 is 0.258. The van der Waals surface area contributed by atoms with E-state index < -0.39 is 11.9 Å². The maximum atomic E-state index is 11.5. The van der Waals surface area contributed by atoms with Gasteiger partial charge in [0.25, 0.3) is 0 Å². The van der Waals surface area contributed by atoms with Crippen LogP contribution in [0.25, 0.3) is 22.8 Å². The first-order valence-corrected chi connectivity index (χ1v) is 7.13. The minimum Gasteiger partial charge on any atom is -0.478 e. The third-order valence-electron chi connectivity index (χ3n) is 3.13. The van der Waals surface area contributed by atoms with Gasteiger partial charge in [0.15, 0.2) is 11.6 Å². The summed E-state index contributed by atoms with van der Waals surface area (Å²) >= 11 is 9.72. The van der Waals surface area contributed by atoms with E-state index in [2.05, 4.69) is 30.4 Å². The molecule has 12 heteroatoms. The van der Waals surface area contributed by atoms with Gasteiger partial charge in [-0.2, -0.15) is 9.97 Å². The lowest BCUT2D eigenvalue weighted by molar-refractivity contribution is 0.0696. The molecule has 0 saturated heterocycles. The van der Waals surface area contributed by atoms with E-state index in [1.54, 1.807) is 0 Å². The molecular weight excluding hydrogens is 356 g/mol. The summed E-state index contributed by atoms with van der Waals surface area (Å²) in [5.41, 5.74) is -0.194. The molecule has 0 aliphatic heterocycles. The van der Waals surface area contributed by atoms with Crippen molar-refractivity contribution >= 4 is 36.4 Å². The van der Waals surface area contributed by atoms with Gasteiger partial charge in [0.05, 0.1) is 11.1 Å². The van der Waals surface area contributed by atoms with E-state index in [0.717, 1.165) is 6.07 Å². The number of carboxylic acids is 2. The lowest BCUT2D eigenvalue weighted by Crippen LogP contribution is -2.07. The number of H-pyrrole nitrogens is 4. The van der Waals surface area contributed by atoms with E-state index in [9.17, 15) is 19.8 Å². The summed E-state index contributed by atoms with van der Waals surface area (Å²) in [5.74, 6) is -2.30. The van der Waals surface area contributed by atoms with Crippen LogP contribution in [-0.2, 0) is 0 Å². The van der Waals surface area contributed by atoms with Crippen LogP contribution in [0, 0.1) is 9.54 Å². The molecule has 0 unspecified atom stereocenters. The normalized spacial score (nSPS) is 10.7. The maximum absolute atomic E-state index is 11.5. The smallest absolute Gasteiger partial charge is 0.336 e. The van der Waals surface area contributed by atoms with Gasteiger partial charge in [-0.1, -0.05) is 0 Å². The van der Waals surface area contributed by atoms with E-state index in [0.29, 0.717) is 0 Å². The van der Waals surface area contributed by atoms with Gasteiger partial charge in [-0.25, -0.2) is 9.59 Å². The van der Waals surface area contributed by atoms with E-state index in [1.807, 2.05) is 0 Å². The minimum atomic E-state index is -1.31. The number of nitrogens with zero attached hydrogens (tertiary/aromatic N) is 2. The van der Waals surface area contributed by atoms with E-state index in [1.165, 1.54) is 6.07 Å². The van der Waals surface area contributed by atoms with Crippen molar-refractivity contribution in [2.75, 3.05) is 0 Å². The van der Waals surface area contributed by atoms with Gasteiger partial charge in [-0.3, -0.25) is 20.4 Å². The largest absolute Gasteiger partial charge is 0.478 e. The molecule has 0 aliphatic rings. The Kier molecular flexibility index (Phi) is 3.83. The van der Waals surface area contributed by atoms with Crippen molar-refractivity contribution in [3.8, 4) is 22.8 Å². The molecule has 1 aromatic carbocycles. The fourth-order valence-corrected chi connectivity index (χ4v) is 2.43. The van der Waals surface area contributed by atoms with Crippen molar-refractivity contribution in [1.82, 2.24) is 30.4 Å². The van der Waals surface area contributed by atoms with Crippen LogP contribution < -0.4 is 0 Å². The molecule has 0 fully saturated rings. The first-order chi connectivity index (χ1) is 11.4. The number of aromatic nitrogens is 6. The van der Waals surface area contributed by atoms with Gasteiger partial charge in [0, 0.05) is 11.1 Å². The van der Waals surface area contributed by atoms with Gasteiger partial charge in [0.2, 0.25) is 9.54 Å². The third-order valence-corrected chi connectivity index (χ3v) is 3.52. The molecule has 6 N–H and O–H groups in total.